The van der Waals surface area contributed by atoms with Crippen molar-refractivity contribution < 1.29 is 9.53 Å². The van der Waals surface area contributed by atoms with Crippen LogP contribution in [0.25, 0.3) is 0 Å². The van der Waals surface area contributed by atoms with Crippen molar-refractivity contribution in [2.45, 2.75) is 20.4 Å². The van der Waals surface area contributed by atoms with Gasteiger partial charge in [0, 0.05) is 12.6 Å². The van der Waals surface area contributed by atoms with Crippen molar-refractivity contribution in [1.82, 2.24) is 9.78 Å². The molecule has 0 saturated carbocycles. The van der Waals surface area contributed by atoms with Crippen molar-refractivity contribution in [1.29, 1.82) is 0 Å². The fraction of sp³-hybridized carbons (Fsp3) is 0.556. The summed E-state index contributed by atoms with van der Waals surface area (Å²) in [4.78, 5) is 11.3. The highest BCUT2D eigenvalue weighted by Crippen LogP contribution is 2.10. The van der Waals surface area contributed by atoms with Crippen LogP contribution < -0.4 is 0 Å². The number of hydrogen-bond acceptors (Lipinski definition) is 3. The number of carbonyl (C=O) groups is 1. The van der Waals surface area contributed by atoms with E-state index >= 15 is 0 Å². The Morgan fingerprint density at radius 1 is 1.71 bits per heavy atom. The Hall–Kier alpha value is -0.590. The molecule has 0 aliphatic rings. The quantitative estimate of drug-likeness (QED) is 0.633. The molecule has 0 amide bonds. The molecule has 0 atom stereocenters. The first-order valence-corrected chi connectivity index (χ1v) is 5.44. The van der Waals surface area contributed by atoms with Gasteiger partial charge in [-0.1, -0.05) is 13.8 Å². The number of rotatable bonds is 3. The lowest BCUT2D eigenvalue weighted by Gasteiger charge is -2.07. The molecule has 0 saturated heterocycles. The van der Waals surface area contributed by atoms with Crippen LogP contribution in [-0.2, 0) is 11.3 Å². The van der Waals surface area contributed by atoms with Gasteiger partial charge in [-0.15, -0.1) is 0 Å². The van der Waals surface area contributed by atoms with E-state index in [1.807, 2.05) is 0 Å². The van der Waals surface area contributed by atoms with Crippen molar-refractivity contribution >= 4 is 28.6 Å². The highest BCUT2D eigenvalue weighted by molar-refractivity contribution is 14.1. The van der Waals surface area contributed by atoms with Crippen LogP contribution in [0.4, 0.5) is 0 Å². The first-order chi connectivity index (χ1) is 6.54. The Morgan fingerprint density at radius 3 is 2.86 bits per heavy atom. The number of ether oxygens (including phenoxy) is 1. The molecule has 1 rings (SSSR count). The van der Waals surface area contributed by atoms with Gasteiger partial charge in [0.2, 0.25) is 0 Å². The second-order valence-electron chi connectivity index (χ2n) is 3.42. The van der Waals surface area contributed by atoms with Crippen LogP contribution in [0, 0.1) is 9.62 Å². The second-order valence-corrected chi connectivity index (χ2v) is 4.53. The molecule has 0 aromatic carbocycles. The molecule has 1 heterocycles. The monoisotopic (exact) mass is 308 g/mol. The van der Waals surface area contributed by atoms with Crippen molar-refractivity contribution in [3.05, 3.63) is 15.5 Å². The standard InChI is InChI=1S/C9H13IN2O2/c1-6(2)5-12-7(9(13)14-3)4-8(10)11-12/h4,6H,5H2,1-3H3. The van der Waals surface area contributed by atoms with Gasteiger partial charge in [-0.2, -0.15) is 5.10 Å². The van der Waals surface area contributed by atoms with Crippen LogP contribution in [0.1, 0.15) is 24.3 Å². The van der Waals surface area contributed by atoms with Crippen LogP contribution in [0.5, 0.6) is 0 Å². The smallest absolute Gasteiger partial charge is 0.356 e. The van der Waals surface area contributed by atoms with Crippen molar-refractivity contribution in [3.8, 4) is 0 Å². The van der Waals surface area contributed by atoms with Crippen LogP contribution in [0.2, 0.25) is 0 Å². The molecule has 0 aliphatic carbocycles. The van der Waals surface area contributed by atoms with E-state index in [-0.39, 0.29) is 5.97 Å². The fourth-order valence-corrected chi connectivity index (χ4v) is 1.69. The molecule has 14 heavy (non-hydrogen) atoms. The van der Waals surface area contributed by atoms with Crippen molar-refractivity contribution in [2.75, 3.05) is 7.11 Å². The van der Waals surface area contributed by atoms with Gasteiger partial charge in [-0.3, -0.25) is 4.68 Å². The highest BCUT2D eigenvalue weighted by Gasteiger charge is 2.15. The Morgan fingerprint density at radius 2 is 2.36 bits per heavy atom. The summed E-state index contributed by atoms with van der Waals surface area (Å²) in [7, 11) is 1.38. The van der Waals surface area contributed by atoms with Gasteiger partial charge in [0.15, 0.2) is 0 Å². The molecule has 0 radical (unpaired) electrons. The summed E-state index contributed by atoms with van der Waals surface area (Å²) >= 11 is 2.08. The van der Waals surface area contributed by atoms with Crippen molar-refractivity contribution in [3.63, 3.8) is 0 Å². The molecule has 0 bridgehead atoms. The molecule has 78 valence electrons. The Labute approximate surface area is 96.8 Å². The van der Waals surface area contributed by atoms with E-state index < -0.39 is 0 Å². The topological polar surface area (TPSA) is 44.1 Å². The van der Waals surface area contributed by atoms with E-state index in [1.165, 1.54) is 7.11 Å². The summed E-state index contributed by atoms with van der Waals surface area (Å²) in [5.41, 5.74) is 0.519. The minimum Gasteiger partial charge on any atom is -0.464 e. The predicted molar refractivity (Wildman–Crippen MR) is 61.1 cm³/mol. The summed E-state index contributed by atoms with van der Waals surface area (Å²) in [5.74, 6) is 0.121. The van der Waals surface area contributed by atoms with Gasteiger partial charge in [0.05, 0.1) is 7.11 Å². The van der Waals surface area contributed by atoms with E-state index in [0.29, 0.717) is 11.6 Å². The number of methoxy groups -OCH3 is 1. The average molecular weight is 308 g/mol. The highest BCUT2D eigenvalue weighted by atomic mass is 127. The molecule has 1 aromatic heterocycles. The van der Waals surface area contributed by atoms with Crippen LogP contribution in [-0.4, -0.2) is 22.9 Å². The minimum absolute atomic E-state index is 0.332. The molecule has 0 spiro atoms. The molecular weight excluding hydrogens is 295 g/mol. The van der Waals surface area contributed by atoms with E-state index in [9.17, 15) is 4.79 Å². The van der Waals surface area contributed by atoms with E-state index in [4.69, 9.17) is 0 Å². The third-order valence-electron chi connectivity index (χ3n) is 1.68. The lowest BCUT2D eigenvalue weighted by atomic mass is 10.2. The van der Waals surface area contributed by atoms with Gasteiger partial charge in [0.1, 0.15) is 9.39 Å². The van der Waals surface area contributed by atoms with Gasteiger partial charge >= 0.3 is 5.97 Å². The van der Waals surface area contributed by atoms with Crippen LogP contribution >= 0.6 is 22.6 Å². The molecule has 4 nitrogen and oxygen atoms in total. The average Bonchev–Trinajstić information content (AvgIpc) is 2.44. The maximum absolute atomic E-state index is 11.3. The molecule has 0 fully saturated rings. The maximum Gasteiger partial charge on any atom is 0.356 e. The summed E-state index contributed by atoms with van der Waals surface area (Å²) in [5, 5.41) is 4.22. The predicted octanol–water partition coefficient (Wildman–Crippen LogP) is 1.93. The minimum atomic E-state index is -0.332. The number of hydrogen-bond donors (Lipinski definition) is 0. The van der Waals surface area contributed by atoms with Gasteiger partial charge in [0.25, 0.3) is 0 Å². The number of nitrogens with zero attached hydrogens (tertiary/aromatic N) is 2. The zero-order valence-corrected chi connectivity index (χ0v) is 10.6. The van der Waals surface area contributed by atoms with Gasteiger partial charge < -0.3 is 4.74 Å². The molecule has 5 heteroatoms. The third-order valence-corrected chi connectivity index (χ3v) is 2.21. The molecular formula is C9H13IN2O2. The largest absolute Gasteiger partial charge is 0.464 e. The summed E-state index contributed by atoms with van der Waals surface area (Å²) in [6.07, 6.45) is 0. The Bertz CT molecular complexity index is 334. The van der Waals surface area contributed by atoms with Crippen LogP contribution in [0.3, 0.4) is 0 Å². The number of carbonyl (C=O) groups excluding carboxylic acids is 1. The first-order valence-electron chi connectivity index (χ1n) is 4.36. The number of esters is 1. The van der Waals surface area contributed by atoms with Gasteiger partial charge in [-0.25, -0.2) is 4.79 Å². The summed E-state index contributed by atoms with van der Waals surface area (Å²) in [6, 6.07) is 1.73. The Kier molecular flexibility index (Phi) is 3.91. The second kappa shape index (κ2) is 4.77. The maximum atomic E-state index is 11.3. The zero-order valence-electron chi connectivity index (χ0n) is 8.45. The molecule has 0 unspecified atom stereocenters. The molecule has 0 N–H and O–H groups in total. The normalized spacial score (nSPS) is 10.6. The van der Waals surface area contributed by atoms with E-state index in [0.717, 1.165) is 10.2 Å². The SMILES string of the molecule is COC(=O)c1cc(I)nn1CC(C)C. The lowest BCUT2D eigenvalue weighted by Crippen LogP contribution is -2.14. The first kappa shape index (κ1) is 11.5. The number of halogens is 1. The lowest BCUT2D eigenvalue weighted by molar-refractivity contribution is 0.0585. The zero-order chi connectivity index (χ0) is 10.7. The Balaban J connectivity index is 2.96. The summed E-state index contributed by atoms with van der Waals surface area (Å²) in [6.45, 7) is 4.89. The van der Waals surface area contributed by atoms with E-state index in [2.05, 4.69) is 46.3 Å². The van der Waals surface area contributed by atoms with Gasteiger partial charge in [-0.05, 0) is 28.5 Å². The summed E-state index contributed by atoms with van der Waals surface area (Å²) < 4.78 is 7.17. The molecule has 0 aliphatic heterocycles. The van der Waals surface area contributed by atoms with E-state index in [1.54, 1.807) is 10.7 Å². The fourth-order valence-electron chi connectivity index (χ4n) is 1.14. The molecule has 1 aromatic rings. The van der Waals surface area contributed by atoms with Crippen molar-refractivity contribution in [2.24, 2.45) is 5.92 Å². The van der Waals surface area contributed by atoms with Crippen LogP contribution in [0.15, 0.2) is 6.07 Å². The third kappa shape index (κ3) is 2.70. The number of aromatic nitrogens is 2.